The van der Waals surface area contributed by atoms with Gasteiger partial charge in [-0.05, 0) is 63.4 Å². The van der Waals surface area contributed by atoms with Gasteiger partial charge in [0.2, 0.25) is 0 Å². The summed E-state index contributed by atoms with van der Waals surface area (Å²) in [6, 6.07) is 11.5. The molecule has 0 bridgehead atoms. The minimum Gasteiger partial charge on any atom is -0.481 e. The zero-order chi connectivity index (χ0) is 23.6. The van der Waals surface area contributed by atoms with Crippen LogP contribution in [0, 0.1) is 5.92 Å². The summed E-state index contributed by atoms with van der Waals surface area (Å²) in [5.74, 6) is 0.0165. The second-order valence-electron chi connectivity index (χ2n) is 7.95. The number of nitrogens with one attached hydrogen (secondary N) is 1. The highest BCUT2D eigenvalue weighted by Gasteiger charge is 2.33. The Hall–Kier alpha value is -2.64. The first-order chi connectivity index (χ1) is 15.3. The molecule has 1 aliphatic heterocycles. The molecule has 1 saturated heterocycles. The minimum atomic E-state index is -0.729. The Morgan fingerprint density at radius 2 is 2.09 bits per heavy atom. The highest BCUT2D eigenvalue weighted by molar-refractivity contribution is 6.31. The molecule has 32 heavy (non-hydrogen) atoms. The number of ether oxygens (including phenoxy) is 1. The number of aliphatic carboxylic acids is 1. The summed E-state index contributed by atoms with van der Waals surface area (Å²) in [5.41, 5.74) is 1.85. The highest BCUT2D eigenvalue weighted by Crippen LogP contribution is 2.30. The first kappa shape index (κ1) is 25.6. The maximum Gasteiger partial charge on any atom is 0.308 e. The summed E-state index contributed by atoms with van der Waals surface area (Å²) in [6.45, 7) is 7.59. The van der Waals surface area contributed by atoms with Crippen LogP contribution in [0.25, 0.3) is 11.0 Å². The number of carbonyl (C=O) groups is 1. The lowest BCUT2D eigenvalue weighted by atomic mass is 9.88. The molecule has 3 heterocycles. The van der Waals surface area contributed by atoms with E-state index in [2.05, 4.69) is 33.7 Å². The number of fused-ring (bicyclic) bond motifs is 1. The average Bonchev–Trinajstić information content (AvgIpc) is 3.28. The summed E-state index contributed by atoms with van der Waals surface area (Å²) in [7, 11) is 2.03. The summed E-state index contributed by atoms with van der Waals surface area (Å²) in [6.07, 6.45) is 6.03. The number of nitrogens with zero attached hydrogens (tertiary/aromatic N) is 3. The highest BCUT2D eigenvalue weighted by atomic mass is 35.5. The van der Waals surface area contributed by atoms with Crippen LogP contribution >= 0.6 is 11.6 Å². The van der Waals surface area contributed by atoms with Crippen LogP contribution in [0.4, 0.5) is 5.82 Å². The van der Waals surface area contributed by atoms with Crippen LogP contribution < -0.4 is 4.90 Å². The van der Waals surface area contributed by atoms with Crippen molar-refractivity contribution in [3.63, 3.8) is 0 Å². The maximum absolute atomic E-state index is 10.6. The summed E-state index contributed by atoms with van der Waals surface area (Å²) < 4.78 is 5.51. The molecule has 1 aliphatic rings. The molecule has 8 heteroatoms. The third-order valence-electron chi connectivity index (χ3n) is 5.65. The number of carboxylic acid groups (broad SMARTS) is 1. The minimum absolute atomic E-state index is 0.0774. The van der Waals surface area contributed by atoms with E-state index in [9.17, 15) is 4.79 Å². The molecule has 0 aliphatic carbocycles. The van der Waals surface area contributed by atoms with Crippen LogP contribution in [0.15, 0.2) is 48.9 Å². The molecule has 2 unspecified atom stereocenters. The van der Waals surface area contributed by atoms with E-state index in [0.29, 0.717) is 6.61 Å². The lowest BCUT2D eigenvalue weighted by Crippen LogP contribution is -2.38. The van der Waals surface area contributed by atoms with Crippen LogP contribution in [-0.2, 0) is 9.53 Å². The number of halogens is 1. The van der Waals surface area contributed by atoms with Gasteiger partial charge in [-0.2, -0.15) is 0 Å². The quantitative estimate of drug-likeness (QED) is 0.540. The van der Waals surface area contributed by atoms with Crippen molar-refractivity contribution >= 4 is 34.4 Å². The zero-order valence-electron chi connectivity index (χ0n) is 19.2. The smallest absolute Gasteiger partial charge is 0.308 e. The van der Waals surface area contributed by atoms with E-state index in [0.717, 1.165) is 47.7 Å². The molecule has 2 N–H and O–H groups in total. The van der Waals surface area contributed by atoms with Gasteiger partial charge in [-0.25, -0.2) is 9.97 Å². The molecule has 1 fully saturated rings. The van der Waals surface area contributed by atoms with Gasteiger partial charge >= 0.3 is 5.97 Å². The number of benzene rings is 1. The van der Waals surface area contributed by atoms with Crippen molar-refractivity contribution in [3.05, 3.63) is 53.9 Å². The predicted octanol–water partition coefficient (Wildman–Crippen LogP) is 5.42. The van der Waals surface area contributed by atoms with Crippen molar-refractivity contribution in [2.24, 2.45) is 5.92 Å². The van der Waals surface area contributed by atoms with E-state index in [1.165, 1.54) is 0 Å². The van der Waals surface area contributed by atoms with Crippen LogP contribution in [-0.4, -0.2) is 51.8 Å². The molecule has 2 atom stereocenters. The number of rotatable bonds is 4. The lowest BCUT2D eigenvalue weighted by Gasteiger charge is -2.35. The fraction of sp³-hybridized carbons (Fsp3) is 0.458. The van der Waals surface area contributed by atoms with Gasteiger partial charge in [0.15, 0.2) is 0 Å². The second-order valence-corrected chi connectivity index (χ2v) is 8.39. The number of aromatic amines is 1. The molecule has 1 aromatic carbocycles. The molecule has 3 aromatic rings. The SMILES string of the molecule is CCC1(C)CCC(C(=O)O)CO1.CCN(C)c1ccccn1.Clc1ccc2nc[nH]c2c1. The summed E-state index contributed by atoms with van der Waals surface area (Å²) >= 11 is 5.73. The number of H-pyrrole nitrogens is 1. The van der Waals surface area contributed by atoms with Crippen molar-refractivity contribution < 1.29 is 14.6 Å². The first-order valence-corrected chi connectivity index (χ1v) is 11.2. The molecular weight excluding hydrogens is 428 g/mol. The van der Waals surface area contributed by atoms with Gasteiger partial charge < -0.3 is 19.7 Å². The number of hydrogen-bond donors (Lipinski definition) is 2. The lowest BCUT2D eigenvalue weighted by molar-refractivity contribution is -0.154. The van der Waals surface area contributed by atoms with Crippen molar-refractivity contribution in [2.75, 3.05) is 25.1 Å². The molecule has 0 amide bonds. The molecule has 0 radical (unpaired) electrons. The topological polar surface area (TPSA) is 91.3 Å². The number of aromatic nitrogens is 3. The van der Waals surface area contributed by atoms with E-state index in [1.807, 2.05) is 56.6 Å². The molecule has 2 aromatic heterocycles. The van der Waals surface area contributed by atoms with Crippen molar-refractivity contribution in [1.82, 2.24) is 15.0 Å². The summed E-state index contributed by atoms with van der Waals surface area (Å²) in [5, 5.41) is 9.43. The fourth-order valence-electron chi connectivity index (χ4n) is 3.06. The molecule has 0 spiro atoms. The first-order valence-electron chi connectivity index (χ1n) is 10.9. The largest absolute Gasteiger partial charge is 0.481 e. The Morgan fingerprint density at radius 3 is 2.66 bits per heavy atom. The Kier molecular flexibility index (Phi) is 9.94. The zero-order valence-corrected chi connectivity index (χ0v) is 20.0. The molecule has 174 valence electrons. The van der Waals surface area contributed by atoms with Crippen molar-refractivity contribution in [3.8, 4) is 0 Å². The van der Waals surface area contributed by atoms with Crippen LogP contribution in [0.5, 0.6) is 0 Å². The Bertz CT molecular complexity index is 956. The Balaban J connectivity index is 0.000000171. The molecular formula is C24H33ClN4O3. The number of carboxylic acids is 1. The van der Waals surface area contributed by atoms with Gasteiger partial charge in [0, 0.05) is 24.8 Å². The van der Waals surface area contributed by atoms with Crippen LogP contribution in [0.2, 0.25) is 5.02 Å². The Morgan fingerprint density at radius 1 is 1.31 bits per heavy atom. The van der Waals surface area contributed by atoms with Gasteiger partial charge in [-0.3, -0.25) is 4.79 Å². The van der Waals surface area contributed by atoms with Crippen molar-refractivity contribution in [2.45, 2.75) is 45.6 Å². The van der Waals surface area contributed by atoms with Crippen molar-refractivity contribution in [1.29, 1.82) is 0 Å². The fourth-order valence-corrected chi connectivity index (χ4v) is 3.23. The molecule has 7 nitrogen and oxygen atoms in total. The average molecular weight is 461 g/mol. The second kappa shape index (κ2) is 12.4. The van der Waals surface area contributed by atoms with Gasteiger partial charge in [0.25, 0.3) is 0 Å². The van der Waals surface area contributed by atoms with Crippen LogP contribution in [0.3, 0.4) is 0 Å². The normalized spacial score (nSPS) is 19.8. The van der Waals surface area contributed by atoms with E-state index in [4.69, 9.17) is 21.4 Å². The van der Waals surface area contributed by atoms with Gasteiger partial charge in [-0.1, -0.05) is 24.6 Å². The summed E-state index contributed by atoms with van der Waals surface area (Å²) in [4.78, 5) is 23.9. The van der Waals surface area contributed by atoms with E-state index >= 15 is 0 Å². The molecule has 4 rings (SSSR count). The number of anilines is 1. The molecule has 0 saturated carbocycles. The van der Waals surface area contributed by atoms with E-state index in [1.54, 1.807) is 6.33 Å². The third-order valence-corrected chi connectivity index (χ3v) is 5.88. The van der Waals surface area contributed by atoms with E-state index < -0.39 is 5.97 Å². The van der Waals surface area contributed by atoms with Gasteiger partial charge in [-0.15, -0.1) is 0 Å². The van der Waals surface area contributed by atoms with Crippen LogP contribution in [0.1, 0.15) is 40.0 Å². The number of pyridine rings is 1. The maximum atomic E-state index is 10.6. The third kappa shape index (κ3) is 7.80. The van der Waals surface area contributed by atoms with Gasteiger partial charge in [0.05, 0.1) is 35.5 Å². The number of hydrogen-bond acceptors (Lipinski definition) is 5. The monoisotopic (exact) mass is 460 g/mol. The Labute approximate surface area is 194 Å². The number of imidazole rings is 1. The van der Waals surface area contributed by atoms with Gasteiger partial charge in [0.1, 0.15) is 5.82 Å². The van der Waals surface area contributed by atoms with E-state index in [-0.39, 0.29) is 11.5 Å². The standard InChI is InChI=1S/C9H16O3.C8H12N2.C7H5ClN2/c1-3-9(2)5-4-7(6-12-9)8(10)11;1-3-10(2)8-6-4-5-7-9-8;8-5-1-2-6-7(3-5)10-4-9-6/h7H,3-6H2,1-2H3,(H,10,11);4-7H,3H2,1-2H3;1-4H,(H,9,10). The predicted molar refractivity (Wildman–Crippen MR) is 129 cm³/mol.